The molecule has 2 aromatic carbocycles. The summed E-state index contributed by atoms with van der Waals surface area (Å²) in [5.41, 5.74) is 19.8. The highest BCUT2D eigenvalue weighted by molar-refractivity contribution is 5.53. The number of hydrogen-bond donors (Lipinski definition) is 2. The first-order valence-electron chi connectivity index (χ1n) is 7.51. The van der Waals surface area contributed by atoms with Gasteiger partial charge in [-0.1, -0.05) is 36.4 Å². The van der Waals surface area contributed by atoms with E-state index in [1.807, 2.05) is 0 Å². The number of benzene rings is 2. The molecular formula is C19H26N2. The fourth-order valence-corrected chi connectivity index (χ4v) is 3.76. The van der Waals surface area contributed by atoms with Gasteiger partial charge in [0, 0.05) is 18.5 Å². The Balaban J connectivity index is 2.84. The van der Waals surface area contributed by atoms with E-state index in [2.05, 4.69) is 64.1 Å². The van der Waals surface area contributed by atoms with Crippen LogP contribution in [0.3, 0.4) is 0 Å². The quantitative estimate of drug-likeness (QED) is 0.905. The Labute approximate surface area is 128 Å². The normalized spacial score (nSPS) is 11.7. The minimum atomic E-state index is -0.315. The molecule has 0 bridgehead atoms. The average molecular weight is 282 g/mol. The molecule has 0 aliphatic carbocycles. The molecule has 2 rings (SSSR count). The number of rotatable bonds is 4. The minimum Gasteiger partial charge on any atom is -0.329 e. The summed E-state index contributed by atoms with van der Waals surface area (Å²) in [6, 6.07) is 12.8. The van der Waals surface area contributed by atoms with Crippen LogP contribution in [0.25, 0.3) is 0 Å². The van der Waals surface area contributed by atoms with Crippen LogP contribution in [0.5, 0.6) is 0 Å². The topological polar surface area (TPSA) is 52.0 Å². The van der Waals surface area contributed by atoms with E-state index >= 15 is 0 Å². The van der Waals surface area contributed by atoms with Crippen LogP contribution in [0, 0.1) is 27.7 Å². The van der Waals surface area contributed by atoms with Crippen molar-refractivity contribution in [1.82, 2.24) is 0 Å². The third-order valence-corrected chi connectivity index (χ3v) is 4.62. The van der Waals surface area contributed by atoms with Crippen molar-refractivity contribution in [2.45, 2.75) is 33.1 Å². The molecular weight excluding hydrogens is 256 g/mol. The second-order valence-corrected chi connectivity index (χ2v) is 6.02. The molecule has 4 N–H and O–H groups in total. The Morgan fingerprint density at radius 1 is 0.667 bits per heavy atom. The maximum atomic E-state index is 6.28. The molecule has 0 heterocycles. The molecule has 0 unspecified atom stereocenters. The SMILES string of the molecule is Cc1cccc(C)c1C(CN)(CN)c1c(C)cccc1C. The molecule has 0 aliphatic rings. The van der Waals surface area contributed by atoms with Gasteiger partial charge in [0.05, 0.1) is 0 Å². The lowest BCUT2D eigenvalue weighted by Gasteiger charge is -2.37. The maximum Gasteiger partial charge on any atom is 0.0457 e. The summed E-state index contributed by atoms with van der Waals surface area (Å²) in [6.07, 6.45) is 0. The summed E-state index contributed by atoms with van der Waals surface area (Å²) < 4.78 is 0. The summed E-state index contributed by atoms with van der Waals surface area (Å²) in [5, 5.41) is 0. The number of nitrogens with two attached hydrogens (primary N) is 2. The Kier molecular flexibility index (Phi) is 4.50. The Bertz CT molecular complexity index is 546. The second-order valence-electron chi connectivity index (χ2n) is 6.02. The van der Waals surface area contributed by atoms with Crippen LogP contribution in [0.1, 0.15) is 33.4 Å². The predicted octanol–water partition coefficient (Wildman–Crippen LogP) is 3.12. The van der Waals surface area contributed by atoms with Crippen LogP contribution in [0.2, 0.25) is 0 Å². The van der Waals surface area contributed by atoms with Crippen LogP contribution in [0.15, 0.2) is 36.4 Å². The Morgan fingerprint density at radius 2 is 0.952 bits per heavy atom. The molecule has 112 valence electrons. The highest BCUT2D eigenvalue weighted by atomic mass is 14.7. The lowest BCUT2D eigenvalue weighted by atomic mass is 9.68. The van der Waals surface area contributed by atoms with Crippen molar-refractivity contribution in [2.75, 3.05) is 13.1 Å². The molecule has 2 aromatic rings. The van der Waals surface area contributed by atoms with Gasteiger partial charge < -0.3 is 11.5 Å². The zero-order chi connectivity index (χ0) is 15.6. The first-order valence-corrected chi connectivity index (χ1v) is 7.51. The van der Waals surface area contributed by atoms with E-state index in [1.165, 1.54) is 33.4 Å². The third-order valence-electron chi connectivity index (χ3n) is 4.62. The molecule has 0 amide bonds. The van der Waals surface area contributed by atoms with Gasteiger partial charge in [0.15, 0.2) is 0 Å². The van der Waals surface area contributed by atoms with Gasteiger partial charge in [-0.05, 0) is 61.1 Å². The van der Waals surface area contributed by atoms with E-state index in [1.54, 1.807) is 0 Å². The average Bonchev–Trinajstić information content (AvgIpc) is 2.45. The van der Waals surface area contributed by atoms with Crippen LogP contribution in [-0.4, -0.2) is 13.1 Å². The van der Waals surface area contributed by atoms with Gasteiger partial charge in [-0.3, -0.25) is 0 Å². The molecule has 0 radical (unpaired) electrons. The molecule has 2 heteroatoms. The van der Waals surface area contributed by atoms with E-state index in [-0.39, 0.29) is 5.41 Å². The molecule has 0 spiro atoms. The van der Waals surface area contributed by atoms with Crippen molar-refractivity contribution >= 4 is 0 Å². The lowest BCUT2D eigenvalue weighted by Crippen LogP contribution is -2.45. The number of hydrogen-bond acceptors (Lipinski definition) is 2. The Morgan fingerprint density at radius 3 is 1.19 bits per heavy atom. The monoisotopic (exact) mass is 282 g/mol. The fourth-order valence-electron chi connectivity index (χ4n) is 3.76. The first kappa shape index (κ1) is 15.7. The highest BCUT2D eigenvalue weighted by Crippen LogP contribution is 2.38. The van der Waals surface area contributed by atoms with Crippen LogP contribution >= 0.6 is 0 Å². The standard InChI is InChI=1S/C19H26N2/c1-13-7-5-8-14(2)17(13)19(11-20,12-21)18-15(3)9-6-10-16(18)4/h5-10H,11-12,20-21H2,1-4H3. The van der Waals surface area contributed by atoms with Gasteiger partial charge in [0.2, 0.25) is 0 Å². The summed E-state index contributed by atoms with van der Waals surface area (Å²) in [7, 11) is 0. The van der Waals surface area contributed by atoms with Crippen molar-refractivity contribution in [3.05, 3.63) is 69.8 Å². The van der Waals surface area contributed by atoms with E-state index in [4.69, 9.17) is 11.5 Å². The van der Waals surface area contributed by atoms with E-state index in [0.717, 1.165) is 0 Å². The van der Waals surface area contributed by atoms with E-state index < -0.39 is 0 Å². The van der Waals surface area contributed by atoms with Gasteiger partial charge in [-0.2, -0.15) is 0 Å². The van der Waals surface area contributed by atoms with Crippen LogP contribution < -0.4 is 11.5 Å². The van der Waals surface area contributed by atoms with E-state index in [0.29, 0.717) is 13.1 Å². The van der Waals surface area contributed by atoms with Gasteiger partial charge in [-0.15, -0.1) is 0 Å². The molecule has 0 aromatic heterocycles. The van der Waals surface area contributed by atoms with E-state index in [9.17, 15) is 0 Å². The highest BCUT2D eigenvalue weighted by Gasteiger charge is 2.36. The molecule has 21 heavy (non-hydrogen) atoms. The third kappa shape index (κ3) is 2.50. The van der Waals surface area contributed by atoms with Gasteiger partial charge in [0.1, 0.15) is 0 Å². The summed E-state index contributed by atoms with van der Waals surface area (Å²) >= 11 is 0. The first-order chi connectivity index (χ1) is 9.97. The van der Waals surface area contributed by atoms with Crippen LogP contribution in [-0.2, 0) is 5.41 Å². The summed E-state index contributed by atoms with van der Waals surface area (Å²) in [5.74, 6) is 0. The lowest BCUT2D eigenvalue weighted by molar-refractivity contribution is 0.526. The molecule has 0 atom stereocenters. The molecule has 0 saturated heterocycles. The Hall–Kier alpha value is -1.64. The van der Waals surface area contributed by atoms with Crippen molar-refractivity contribution in [1.29, 1.82) is 0 Å². The van der Waals surface area contributed by atoms with Crippen molar-refractivity contribution < 1.29 is 0 Å². The fraction of sp³-hybridized carbons (Fsp3) is 0.368. The maximum absolute atomic E-state index is 6.28. The zero-order valence-electron chi connectivity index (χ0n) is 13.5. The minimum absolute atomic E-state index is 0.315. The smallest absolute Gasteiger partial charge is 0.0457 e. The second kappa shape index (κ2) is 6.00. The predicted molar refractivity (Wildman–Crippen MR) is 90.7 cm³/mol. The molecule has 0 saturated carbocycles. The molecule has 0 aliphatic heterocycles. The largest absolute Gasteiger partial charge is 0.329 e. The van der Waals surface area contributed by atoms with Crippen molar-refractivity contribution in [2.24, 2.45) is 11.5 Å². The van der Waals surface area contributed by atoms with Gasteiger partial charge in [-0.25, -0.2) is 0 Å². The summed E-state index contributed by atoms with van der Waals surface area (Å²) in [4.78, 5) is 0. The summed E-state index contributed by atoms with van der Waals surface area (Å²) in [6.45, 7) is 9.62. The van der Waals surface area contributed by atoms with Gasteiger partial charge >= 0.3 is 0 Å². The van der Waals surface area contributed by atoms with Crippen LogP contribution in [0.4, 0.5) is 0 Å². The zero-order valence-corrected chi connectivity index (χ0v) is 13.5. The number of aryl methyl sites for hydroxylation is 4. The van der Waals surface area contributed by atoms with Crippen molar-refractivity contribution in [3.8, 4) is 0 Å². The molecule has 2 nitrogen and oxygen atoms in total. The van der Waals surface area contributed by atoms with Crippen molar-refractivity contribution in [3.63, 3.8) is 0 Å². The molecule has 0 fully saturated rings. The van der Waals surface area contributed by atoms with Gasteiger partial charge in [0.25, 0.3) is 0 Å².